The molecule has 0 fully saturated rings. The summed E-state index contributed by atoms with van der Waals surface area (Å²) in [6.45, 7) is 5.56. The second-order valence-corrected chi connectivity index (χ2v) is 2.81. The first-order valence-corrected chi connectivity index (χ1v) is 4.31. The van der Waals surface area contributed by atoms with Crippen LogP contribution in [0.25, 0.3) is 0 Å². The number of allylic oxidation sites excluding steroid dienone is 2. The highest BCUT2D eigenvalue weighted by Gasteiger charge is 2.01. The Morgan fingerprint density at radius 1 is 1.08 bits per heavy atom. The summed E-state index contributed by atoms with van der Waals surface area (Å²) in [5.74, 6) is 1.84. The van der Waals surface area contributed by atoms with Gasteiger partial charge in [0.2, 0.25) is 0 Å². The third kappa shape index (κ3) is 4.16. The van der Waals surface area contributed by atoms with Gasteiger partial charge in [-0.05, 0) is 13.0 Å². The number of hydrogen-bond donors (Lipinski definition) is 0. The van der Waals surface area contributed by atoms with Gasteiger partial charge in [0.25, 0.3) is 0 Å². The fraction of sp³-hybridized carbons (Fsp3) is 0.167. The van der Waals surface area contributed by atoms with E-state index in [0.717, 1.165) is 17.9 Å². The molecule has 1 nitrogen and oxygen atoms in total. The molecule has 68 valence electrons. The Labute approximate surface area is 79.4 Å². The normalized spacial score (nSPS) is 13.9. The van der Waals surface area contributed by atoms with Gasteiger partial charge < -0.3 is 4.74 Å². The van der Waals surface area contributed by atoms with Gasteiger partial charge in [-0.2, -0.15) is 0 Å². The van der Waals surface area contributed by atoms with Crippen LogP contribution < -0.4 is 0 Å². The predicted molar refractivity (Wildman–Crippen MR) is 55.0 cm³/mol. The molecule has 13 heavy (non-hydrogen) atoms. The van der Waals surface area contributed by atoms with Crippen LogP contribution in [-0.4, -0.2) is 0 Å². The van der Waals surface area contributed by atoms with E-state index in [2.05, 4.69) is 6.58 Å². The van der Waals surface area contributed by atoms with E-state index >= 15 is 0 Å². The van der Waals surface area contributed by atoms with Crippen molar-refractivity contribution < 1.29 is 4.74 Å². The molecule has 0 saturated carbocycles. The molecule has 0 N–H and O–H groups in total. The molecule has 0 aliphatic carbocycles. The molecular weight excluding hydrogens is 160 g/mol. The molecule has 0 spiro atoms. The van der Waals surface area contributed by atoms with Gasteiger partial charge in [-0.1, -0.05) is 43.0 Å². The van der Waals surface area contributed by atoms with Crippen LogP contribution in [0.1, 0.15) is 13.3 Å². The maximum Gasteiger partial charge on any atom is 0.100 e. The molecule has 0 radical (unpaired) electrons. The number of ether oxygens (including phenoxy) is 1. The van der Waals surface area contributed by atoms with Crippen LogP contribution in [0.5, 0.6) is 0 Å². The first-order chi connectivity index (χ1) is 6.29. The topological polar surface area (TPSA) is 9.23 Å². The number of benzene rings is 1. The van der Waals surface area contributed by atoms with E-state index in [1.807, 2.05) is 49.4 Å². The molecule has 0 unspecified atom stereocenters. The molecule has 0 saturated heterocycles. The lowest BCUT2D eigenvalue weighted by atomic mass is 10.4. The van der Waals surface area contributed by atoms with Gasteiger partial charge in [0, 0.05) is 6.42 Å². The van der Waals surface area contributed by atoms with Crippen LogP contribution in [0.2, 0.25) is 0 Å². The molecule has 2 rings (SSSR count). The van der Waals surface area contributed by atoms with Crippen molar-refractivity contribution in [2.75, 3.05) is 0 Å². The summed E-state index contributed by atoms with van der Waals surface area (Å²) >= 11 is 0. The van der Waals surface area contributed by atoms with Crippen molar-refractivity contribution in [3.8, 4) is 0 Å². The minimum absolute atomic E-state index is 0.859. The number of rotatable bonds is 0. The Balaban J connectivity index is 0.000000132. The van der Waals surface area contributed by atoms with Gasteiger partial charge >= 0.3 is 0 Å². The van der Waals surface area contributed by atoms with Crippen LogP contribution in [0.15, 0.2) is 60.6 Å². The molecule has 1 heteroatoms. The minimum Gasteiger partial charge on any atom is -0.467 e. The standard InChI is InChI=1S/C6H8O.C6H6/c1-5-3-4-6(2)7-5;1-2-4-6-5-3-1/h4H,1,3H2,2H3;1-6H. The summed E-state index contributed by atoms with van der Waals surface area (Å²) in [5, 5.41) is 0. The second kappa shape index (κ2) is 5.20. The third-order valence-corrected chi connectivity index (χ3v) is 1.59. The van der Waals surface area contributed by atoms with E-state index in [0.29, 0.717) is 0 Å². The monoisotopic (exact) mass is 174 g/mol. The largest absolute Gasteiger partial charge is 0.467 e. The minimum atomic E-state index is 0.859. The highest BCUT2D eigenvalue weighted by Crippen LogP contribution is 2.16. The summed E-state index contributed by atoms with van der Waals surface area (Å²) < 4.78 is 5.03. The highest BCUT2D eigenvalue weighted by molar-refractivity contribution is 5.08. The second-order valence-electron chi connectivity index (χ2n) is 2.81. The molecule has 0 bridgehead atoms. The zero-order valence-corrected chi connectivity index (χ0v) is 7.86. The molecule has 0 atom stereocenters. The van der Waals surface area contributed by atoms with Crippen molar-refractivity contribution in [2.45, 2.75) is 13.3 Å². The summed E-state index contributed by atoms with van der Waals surface area (Å²) in [6, 6.07) is 12.0. The van der Waals surface area contributed by atoms with Crippen LogP contribution >= 0.6 is 0 Å². The fourth-order valence-corrected chi connectivity index (χ4v) is 0.953. The van der Waals surface area contributed by atoms with Gasteiger partial charge in [-0.15, -0.1) is 0 Å². The van der Waals surface area contributed by atoms with Gasteiger partial charge in [0.15, 0.2) is 0 Å². The van der Waals surface area contributed by atoms with Crippen molar-refractivity contribution >= 4 is 0 Å². The van der Waals surface area contributed by atoms with Crippen LogP contribution in [-0.2, 0) is 4.74 Å². The van der Waals surface area contributed by atoms with Crippen molar-refractivity contribution in [3.05, 3.63) is 60.6 Å². The molecule has 0 amide bonds. The van der Waals surface area contributed by atoms with Crippen molar-refractivity contribution in [2.24, 2.45) is 0 Å². The Hall–Kier alpha value is -1.50. The zero-order valence-electron chi connectivity index (χ0n) is 7.86. The lowest BCUT2D eigenvalue weighted by Gasteiger charge is -1.93. The van der Waals surface area contributed by atoms with Crippen molar-refractivity contribution in [1.29, 1.82) is 0 Å². The average Bonchev–Trinajstić information content (AvgIpc) is 2.54. The quantitative estimate of drug-likeness (QED) is 0.584. The van der Waals surface area contributed by atoms with Gasteiger partial charge in [-0.3, -0.25) is 0 Å². The Morgan fingerprint density at radius 3 is 1.69 bits per heavy atom. The Kier molecular flexibility index (Phi) is 3.83. The van der Waals surface area contributed by atoms with Crippen LogP contribution in [0, 0.1) is 0 Å². The summed E-state index contributed by atoms with van der Waals surface area (Å²) in [4.78, 5) is 0. The van der Waals surface area contributed by atoms with Gasteiger partial charge in [0.05, 0.1) is 5.76 Å². The maximum absolute atomic E-state index is 5.03. The molecule has 1 heterocycles. The first-order valence-electron chi connectivity index (χ1n) is 4.31. The van der Waals surface area contributed by atoms with E-state index in [-0.39, 0.29) is 0 Å². The zero-order chi connectivity index (χ0) is 9.52. The maximum atomic E-state index is 5.03. The molecule has 0 aromatic heterocycles. The van der Waals surface area contributed by atoms with Crippen LogP contribution in [0.4, 0.5) is 0 Å². The van der Waals surface area contributed by atoms with E-state index in [1.54, 1.807) is 0 Å². The Bertz CT molecular complexity index is 259. The third-order valence-electron chi connectivity index (χ3n) is 1.59. The van der Waals surface area contributed by atoms with E-state index < -0.39 is 0 Å². The lowest BCUT2D eigenvalue weighted by Crippen LogP contribution is -1.73. The average molecular weight is 174 g/mol. The molecule has 1 aliphatic rings. The molecular formula is C12H14O. The fourth-order valence-electron chi connectivity index (χ4n) is 0.953. The van der Waals surface area contributed by atoms with E-state index in [4.69, 9.17) is 4.74 Å². The summed E-state index contributed by atoms with van der Waals surface area (Å²) in [5.41, 5.74) is 0. The van der Waals surface area contributed by atoms with Gasteiger partial charge in [-0.25, -0.2) is 0 Å². The number of hydrogen-bond acceptors (Lipinski definition) is 1. The first kappa shape index (κ1) is 9.59. The van der Waals surface area contributed by atoms with E-state index in [9.17, 15) is 0 Å². The lowest BCUT2D eigenvalue weighted by molar-refractivity contribution is 0.327. The van der Waals surface area contributed by atoms with Crippen molar-refractivity contribution in [1.82, 2.24) is 0 Å². The van der Waals surface area contributed by atoms with E-state index in [1.165, 1.54) is 0 Å². The SMILES string of the molecule is C=C1CC=C(C)O1.c1ccccc1. The smallest absolute Gasteiger partial charge is 0.100 e. The summed E-state index contributed by atoms with van der Waals surface area (Å²) in [7, 11) is 0. The molecule has 1 aromatic rings. The van der Waals surface area contributed by atoms with Crippen LogP contribution in [0.3, 0.4) is 0 Å². The molecule has 1 aromatic carbocycles. The summed E-state index contributed by atoms with van der Waals surface area (Å²) in [6.07, 6.45) is 2.91. The van der Waals surface area contributed by atoms with Crippen molar-refractivity contribution in [3.63, 3.8) is 0 Å². The van der Waals surface area contributed by atoms with Gasteiger partial charge in [0.1, 0.15) is 5.76 Å². The highest BCUT2D eigenvalue weighted by atomic mass is 16.5. The Morgan fingerprint density at radius 2 is 1.54 bits per heavy atom. The molecule has 1 aliphatic heterocycles. The predicted octanol–water partition coefficient (Wildman–Crippen LogP) is 3.51.